The highest BCUT2D eigenvalue weighted by Crippen LogP contribution is 2.76. The highest BCUT2D eigenvalue weighted by atomic mass is 16.5. The quantitative estimate of drug-likeness (QED) is 0.573. The second kappa shape index (κ2) is 3.08. The summed E-state index contributed by atoms with van der Waals surface area (Å²) >= 11 is 0. The standard InChI is InChI=1S/C13H20O5/c1-10(15)6-7-11(9(14)18-2)8(10)12(16)4-3-5-13(11,12)17/h8,15-17H,3-7H2,1-2H3/t8-,10-,11+,12-,13+/m0/s1. The first kappa shape index (κ1) is 12.4. The van der Waals surface area contributed by atoms with Gasteiger partial charge in [-0.2, -0.15) is 0 Å². The molecular weight excluding hydrogens is 236 g/mol. The summed E-state index contributed by atoms with van der Waals surface area (Å²) in [6, 6.07) is 0. The second-order valence-corrected chi connectivity index (χ2v) is 6.39. The van der Waals surface area contributed by atoms with Gasteiger partial charge >= 0.3 is 5.97 Å². The van der Waals surface area contributed by atoms with Crippen LogP contribution in [0.1, 0.15) is 39.0 Å². The molecule has 0 aliphatic heterocycles. The molecule has 0 aromatic carbocycles. The molecular formula is C13H20O5. The van der Waals surface area contributed by atoms with Gasteiger partial charge in [0.25, 0.3) is 0 Å². The van der Waals surface area contributed by atoms with E-state index in [2.05, 4.69) is 0 Å². The van der Waals surface area contributed by atoms with Crippen LogP contribution in [0.3, 0.4) is 0 Å². The van der Waals surface area contributed by atoms with E-state index >= 15 is 0 Å². The number of aliphatic hydroxyl groups is 3. The number of ether oxygens (including phenoxy) is 1. The lowest BCUT2D eigenvalue weighted by atomic mass is 9.41. The van der Waals surface area contributed by atoms with Gasteiger partial charge in [0, 0.05) is 5.92 Å². The minimum Gasteiger partial charge on any atom is -0.468 e. The van der Waals surface area contributed by atoms with E-state index in [4.69, 9.17) is 4.74 Å². The topological polar surface area (TPSA) is 87.0 Å². The van der Waals surface area contributed by atoms with Crippen molar-refractivity contribution in [1.29, 1.82) is 0 Å². The highest BCUT2D eigenvalue weighted by Gasteiger charge is 2.88. The average molecular weight is 256 g/mol. The average Bonchev–Trinajstić information content (AvgIpc) is 2.71. The van der Waals surface area contributed by atoms with Gasteiger partial charge in [0.2, 0.25) is 0 Å². The van der Waals surface area contributed by atoms with Crippen molar-refractivity contribution in [1.82, 2.24) is 0 Å². The first-order chi connectivity index (χ1) is 8.26. The van der Waals surface area contributed by atoms with Gasteiger partial charge in [0.05, 0.1) is 12.7 Å². The molecule has 3 fully saturated rings. The van der Waals surface area contributed by atoms with E-state index in [0.717, 1.165) is 0 Å². The fourth-order valence-electron chi connectivity index (χ4n) is 5.16. The SMILES string of the molecule is COC(=O)[C@@]12CC[C@](C)(O)[C@@H]1[C@@]1(O)CCC[C@@]21O. The van der Waals surface area contributed by atoms with Gasteiger partial charge in [-0.15, -0.1) is 0 Å². The van der Waals surface area contributed by atoms with Crippen molar-refractivity contribution in [3.05, 3.63) is 0 Å². The predicted molar refractivity (Wildman–Crippen MR) is 61.5 cm³/mol. The fourth-order valence-corrected chi connectivity index (χ4v) is 5.16. The smallest absolute Gasteiger partial charge is 0.315 e. The molecule has 3 N–H and O–H groups in total. The molecule has 102 valence electrons. The van der Waals surface area contributed by atoms with Gasteiger partial charge in [-0.1, -0.05) is 0 Å². The van der Waals surface area contributed by atoms with Gasteiger partial charge in [-0.25, -0.2) is 0 Å². The molecule has 3 saturated carbocycles. The van der Waals surface area contributed by atoms with Crippen molar-refractivity contribution in [2.45, 2.75) is 55.8 Å². The van der Waals surface area contributed by atoms with Crippen molar-refractivity contribution in [3.8, 4) is 0 Å². The van der Waals surface area contributed by atoms with Gasteiger partial charge in [-0.3, -0.25) is 4.79 Å². The third-order valence-corrected chi connectivity index (χ3v) is 5.72. The Hall–Kier alpha value is -0.650. The summed E-state index contributed by atoms with van der Waals surface area (Å²) in [7, 11) is 1.29. The Morgan fingerprint density at radius 2 is 1.83 bits per heavy atom. The molecule has 0 bridgehead atoms. The van der Waals surface area contributed by atoms with E-state index in [1.165, 1.54) is 7.11 Å². The maximum absolute atomic E-state index is 12.2. The van der Waals surface area contributed by atoms with Gasteiger partial charge in [0.1, 0.15) is 16.6 Å². The Bertz CT molecular complexity index is 420. The van der Waals surface area contributed by atoms with E-state index in [1.54, 1.807) is 6.92 Å². The summed E-state index contributed by atoms with van der Waals surface area (Å²) in [6.45, 7) is 1.64. The minimum atomic E-state index is -1.43. The fraction of sp³-hybridized carbons (Fsp3) is 0.923. The monoisotopic (exact) mass is 256 g/mol. The number of rotatable bonds is 1. The largest absolute Gasteiger partial charge is 0.468 e. The Morgan fingerprint density at radius 1 is 1.17 bits per heavy atom. The lowest BCUT2D eigenvalue weighted by Gasteiger charge is -2.66. The highest BCUT2D eigenvalue weighted by molar-refractivity contribution is 5.83. The predicted octanol–water partition coefficient (Wildman–Crippen LogP) is -0.0335. The van der Waals surface area contributed by atoms with Crippen LogP contribution in [0.15, 0.2) is 0 Å². The molecule has 3 rings (SSSR count). The van der Waals surface area contributed by atoms with Crippen molar-refractivity contribution in [2.24, 2.45) is 11.3 Å². The van der Waals surface area contributed by atoms with Crippen LogP contribution in [-0.4, -0.2) is 45.2 Å². The number of methoxy groups -OCH3 is 1. The van der Waals surface area contributed by atoms with E-state index < -0.39 is 34.1 Å². The number of carbonyl (C=O) groups is 1. The van der Waals surface area contributed by atoms with Crippen LogP contribution in [0.5, 0.6) is 0 Å². The van der Waals surface area contributed by atoms with Crippen molar-refractivity contribution >= 4 is 5.97 Å². The molecule has 0 aromatic rings. The maximum atomic E-state index is 12.2. The molecule has 0 unspecified atom stereocenters. The molecule has 3 aliphatic rings. The molecule has 3 aliphatic carbocycles. The lowest BCUT2D eigenvalue weighted by Crippen LogP contribution is -2.83. The van der Waals surface area contributed by atoms with Gasteiger partial charge in [-0.05, 0) is 39.0 Å². The normalized spacial score (nSPS) is 57.7. The number of hydrogen-bond acceptors (Lipinski definition) is 5. The summed E-state index contributed by atoms with van der Waals surface area (Å²) < 4.78 is 4.85. The number of hydrogen-bond donors (Lipinski definition) is 3. The van der Waals surface area contributed by atoms with Crippen molar-refractivity contribution in [3.63, 3.8) is 0 Å². The van der Waals surface area contributed by atoms with E-state index in [1.807, 2.05) is 0 Å². The first-order valence-corrected chi connectivity index (χ1v) is 6.52. The molecule has 5 heteroatoms. The summed E-state index contributed by atoms with van der Waals surface area (Å²) in [5, 5.41) is 32.0. The van der Waals surface area contributed by atoms with E-state index in [-0.39, 0.29) is 0 Å². The Balaban J connectivity index is 2.15. The zero-order chi connectivity index (χ0) is 13.4. The van der Waals surface area contributed by atoms with Crippen LogP contribution in [0.2, 0.25) is 0 Å². The second-order valence-electron chi connectivity index (χ2n) is 6.39. The van der Waals surface area contributed by atoms with Crippen LogP contribution in [-0.2, 0) is 9.53 Å². The molecule has 0 amide bonds. The number of fused-ring (bicyclic) bond motifs is 4. The summed E-state index contributed by atoms with van der Waals surface area (Å²) in [6.07, 6.45) is 2.26. The van der Waals surface area contributed by atoms with Crippen LogP contribution in [0, 0.1) is 11.3 Å². The summed E-state index contributed by atoms with van der Waals surface area (Å²) in [5.74, 6) is -1.13. The molecule has 0 aromatic heterocycles. The Labute approximate surface area is 106 Å². The first-order valence-electron chi connectivity index (χ1n) is 6.52. The third kappa shape index (κ3) is 0.928. The van der Waals surface area contributed by atoms with Crippen LogP contribution in [0.25, 0.3) is 0 Å². The maximum Gasteiger partial charge on any atom is 0.315 e. The van der Waals surface area contributed by atoms with Crippen LogP contribution < -0.4 is 0 Å². The Morgan fingerprint density at radius 3 is 2.44 bits per heavy atom. The molecule has 0 heterocycles. The molecule has 0 spiro atoms. The molecule has 0 saturated heterocycles. The number of carbonyl (C=O) groups excluding carboxylic acids is 1. The molecule has 18 heavy (non-hydrogen) atoms. The van der Waals surface area contributed by atoms with Crippen molar-refractivity contribution in [2.75, 3.05) is 7.11 Å². The van der Waals surface area contributed by atoms with Gasteiger partial charge in [0.15, 0.2) is 0 Å². The minimum absolute atomic E-state index is 0.371. The molecule has 0 radical (unpaired) electrons. The lowest BCUT2D eigenvalue weighted by molar-refractivity contribution is -0.342. The summed E-state index contributed by atoms with van der Waals surface area (Å²) in [5.41, 5.74) is -5.03. The van der Waals surface area contributed by atoms with Crippen LogP contribution >= 0.6 is 0 Å². The summed E-state index contributed by atoms with van der Waals surface area (Å²) in [4.78, 5) is 12.2. The van der Waals surface area contributed by atoms with Gasteiger partial charge < -0.3 is 20.1 Å². The van der Waals surface area contributed by atoms with E-state index in [9.17, 15) is 20.1 Å². The van der Waals surface area contributed by atoms with E-state index in [0.29, 0.717) is 32.1 Å². The number of esters is 1. The van der Waals surface area contributed by atoms with Crippen molar-refractivity contribution < 1.29 is 24.9 Å². The molecule has 5 nitrogen and oxygen atoms in total. The molecule has 5 atom stereocenters. The van der Waals surface area contributed by atoms with Crippen LogP contribution in [0.4, 0.5) is 0 Å². The third-order valence-electron chi connectivity index (χ3n) is 5.72. The zero-order valence-electron chi connectivity index (χ0n) is 10.8. The zero-order valence-corrected chi connectivity index (χ0v) is 10.8. The Kier molecular flexibility index (Phi) is 2.12.